The number of anilines is 2. The van der Waals surface area contributed by atoms with Gasteiger partial charge in [-0.25, -0.2) is 24.7 Å². The van der Waals surface area contributed by atoms with Crippen LogP contribution in [-0.2, 0) is 4.74 Å². The third-order valence-electron chi connectivity index (χ3n) is 6.07. The summed E-state index contributed by atoms with van der Waals surface area (Å²) in [6.07, 6.45) is 10.4. The van der Waals surface area contributed by atoms with Crippen LogP contribution in [0.4, 0.5) is 16.4 Å². The van der Waals surface area contributed by atoms with Crippen molar-refractivity contribution < 1.29 is 9.53 Å². The second kappa shape index (κ2) is 9.48. The number of amides is 1. The summed E-state index contributed by atoms with van der Waals surface area (Å²) >= 11 is 0. The van der Waals surface area contributed by atoms with Gasteiger partial charge in [0.2, 0.25) is 0 Å². The van der Waals surface area contributed by atoms with Gasteiger partial charge in [0, 0.05) is 36.9 Å². The van der Waals surface area contributed by atoms with E-state index in [4.69, 9.17) is 4.74 Å². The second-order valence-electron chi connectivity index (χ2n) is 8.15. The van der Waals surface area contributed by atoms with Crippen LogP contribution in [0.15, 0.2) is 61.2 Å². The van der Waals surface area contributed by atoms with E-state index in [2.05, 4.69) is 25.3 Å². The smallest absolute Gasteiger partial charge is 0.416 e. The third-order valence-corrected chi connectivity index (χ3v) is 6.07. The van der Waals surface area contributed by atoms with Gasteiger partial charge < -0.3 is 10.1 Å². The Labute approximate surface area is 192 Å². The second-order valence-corrected chi connectivity index (χ2v) is 8.15. The largest absolute Gasteiger partial charge is 0.441 e. The lowest BCUT2D eigenvalue weighted by Crippen LogP contribution is -2.39. The number of carbonyl (C=O) groups is 1. The number of hydrogen-bond acceptors (Lipinski definition) is 7. The van der Waals surface area contributed by atoms with E-state index in [9.17, 15) is 4.79 Å². The van der Waals surface area contributed by atoms with Gasteiger partial charge in [0.1, 0.15) is 17.2 Å². The Morgan fingerprint density at radius 1 is 1.00 bits per heavy atom. The maximum atomic E-state index is 12.4. The molecular formula is C23H25ClN6O2. The molecule has 0 bridgehead atoms. The van der Waals surface area contributed by atoms with Crippen LogP contribution in [0.3, 0.4) is 0 Å². The van der Waals surface area contributed by atoms with Crippen molar-refractivity contribution in [3.05, 3.63) is 61.2 Å². The molecule has 4 heterocycles. The molecule has 2 fully saturated rings. The summed E-state index contributed by atoms with van der Waals surface area (Å²) in [4.78, 5) is 31.3. The third kappa shape index (κ3) is 4.65. The number of nitrogens with zero attached hydrogens (tertiary/aromatic N) is 5. The SMILES string of the molecule is Cl.O=C1OC2(CCC(CNc3ccc(-c4ncccn4)cn3)CC2)CN1c1ccccn1. The van der Waals surface area contributed by atoms with E-state index < -0.39 is 0 Å². The lowest BCUT2D eigenvalue weighted by molar-refractivity contribution is 0.0148. The number of aromatic nitrogens is 4. The van der Waals surface area contributed by atoms with Crippen molar-refractivity contribution in [2.24, 2.45) is 5.92 Å². The number of pyridine rings is 2. The average Bonchev–Trinajstić information content (AvgIpc) is 3.16. The van der Waals surface area contributed by atoms with Gasteiger partial charge in [0.05, 0.1) is 6.54 Å². The maximum Gasteiger partial charge on any atom is 0.416 e. The number of nitrogens with one attached hydrogen (secondary N) is 1. The van der Waals surface area contributed by atoms with Crippen LogP contribution in [0, 0.1) is 5.92 Å². The first kappa shape index (κ1) is 22.0. The highest BCUT2D eigenvalue weighted by molar-refractivity contribution is 5.89. The zero-order valence-electron chi connectivity index (χ0n) is 17.6. The standard InChI is InChI=1S/C23H24N6O2.ClH/c30-22-29(20-4-1-2-11-24-20)16-23(31-22)9-7-17(8-10-23)14-27-19-6-5-18(15-28-19)21-25-12-3-13-26-21;/h1-6,11-13,15,17H,7-10,14,16H2,(H,27,28);1H. The topological polar surface area (TPSA) is 93.1 Å². The molecule has 0 unspecified atom stereocenters. The molecule has 32 heavy (non-hydrogen) atoms. The Bertz CT molecular complexity index is 1030. The van der Waals surface area contributed by atoms with Gasteiger partial charge in [-0.1, -0.05) is 6.07 Å². The van der Waals surface area contributed by atoms with Crippen molar-refractivity contribution in [2.45, 2.75) is 31.3 Å². The highest BCUT2D eigenvalue weighted by Crippen LogP contribution is 2.40. The minimum absolute atomic E-state index is 0. The first-order valence-corrected chi connectivity index (χ1v) is 10.6. The summed E-state index contributed by atoms with van der Waals surface area (Å²) in [6, 6.07) is 11.3. The van der Waals surface area contributed by atoms with Crippen molar-refractivity contribution in [1.82, 2.24) is 19.9 Å². The van der Waals surface area contributed by atoms with E-state index in [1.165, 1.54) is 0 Å². The van der Waals surface area contributed by atoms with Gasteiger partial charge in [-0.15, -0.1) is 12.4 Å². The lowest BCUT2D eigenvalue weighted by Gasteiger charge is -2.35. The summed E-state index contributed by atoms with van der Waals surface area (Å²) < 4.78 is 5.83. The van der Waals surface area contributed by atoms with Crippen LogP contribution in [0.1, 0.15) is 25.7 Å². The van der Waals surface area contributed by atoms with E-state index >= 15 is 0 Å². The molecule has 166 valence electrons. The zero-order chi connectivity index (χ0) is 21.1. The number of ether oxygens (including phenoxy) is 1. The Kier molecular flexibility index (Phi) is 6.50. The van der Waals surface area contributed by atoms with E-state index in [-0.39, 0.29) is 24.1 Å². The summed E-state index contributed by atoms with van der Waals surface area (Å²) in [5.41, 5.74) is 0.506. The van der Waals surface area contributed by atoms with Gasteiger partial charge in [-0.05, 0) is 61.9 Å². The normalized spacial score (nSPS) is 22.3. The van der Waals surface area contributed by atoms with Crippen molar-refractivity contribution in [2.75, 3.05) is 23.3 Å². The minimum Gasteiger partial charge on any atom is -0.441 e. The van der Waals surface area contributed by atoms with Gasteiger partial charge in [0.25, 0.3) is 0 Å². The quantitative estimate of drug-likeness (QED) is 0.614. The Balaban J connectivity index is 0.00000245. The van der Waals surface area contributed by atoms with E-state index in [0.29, 0.717) is 24.1 Å². The predicted octanol–water partition coefficient (Wildman–Crippen LogP) is 4.35. The minimum atomic E-state index is -0.388. The van der Waals surface area contributed by atoms with Gasteiger partial charge >= 0.3 is 6.09 Å². The fraction of sp³-hybridized carbons (Fsp3) is 0.348. The summed E-state index contributed by atoms with van der Waals surface area (Å²) in [7, 11) is 0. The Morgan fingerprint density at radius 2 is 1.78 bits per heavy atom. The number of carbonyl (C=O) groups excluding carboxylic acids is 1. The van der Waals surface area contributed by atoms with Crippen LogP contribution in [0.2, 0.25) is 0 Å². The fourth-order valence-corrected chi connectivity index (χ4v) is 4.31. The molecule has 1 amide bonds. The summed E-state index contributed by atoms with van der Waals surface area (Å²) in [5, 5.41) is 3.44. The lowest BCUT2D eigenvalue weighted by atomic mass is 9.78. The van der Waals surface area contributed by atoms with Gasteiger partial charge in [-0.2, -0.15) is 0 Å². The maximum absolute atomic E-state index is 12.4. The van der Waals surface area contributed by atoms with E-state index in [1.807, 2.05) is 30.3 Å². The molecule has 8 nitrogen and oxygen atoms in total. The van der Waals surface area contributed by atoms with Crippen molar-refractivity contribution in [3.63, 3.8) is 0 Å². The van der Waals surface area contributed by atoms with Crippen LogP contribution in [0.5, 0.6) is 0 Å². The van der Waals surface area contributed by atoms with Crippen molar-refractivity contribution in [1.29, 1.82) is 0 Å². The fourth-order valence-electron chi connectivity index (χ4n) is 4.31. The van der Waals surface area contributed by atoms with Crippen LogP contribution in [-0.4, -0.2) is 44.7 Å². The van der Waals surface area contributed by atoms with Crippen molar-refractivity contribution in [3.8, 4) is 11.4 Å². The predicted molar refractivity (Wildman–Crippen MR) is 124 cm³/mol. The average molecular weight is 453 g/mol. The number of rotatable bonds is 5. The summed E-state index contributed by atoms with van der Waals surface area (Å²) in [6.45, 7) is 1.43. The highest BCUT2D eigenvalue weighted by atomic mass is 35.5. The molecule has 5 rings (SSSR count). The molecule has 3 aromatic heterocycles. The van der Waals surface area contributed by atoms with Gasteiger partial charge in [0.15, 0.2) is 5.82 Å². The van der Waals surface area contributed by atoms with Gasteiger partial charge in [-0.3, -0.25) is 4.90 Å². The van der Waals surface area contributed by atoms with Crippen LogP contribution < -0.4 is 10.2 Å². The molecule has 1 saturated heterocycles. The van der Waals surface area contributed by atoms with Crippen LogP contribution >= 0.6 is 12.4 Å². The zero-order valence-corrected chi connectivity index (χ0v) is 18.4. The molecule has 1 N–H and O–H groups in total. The van der Waals surface area contributed by atoms with Crippen LogP contribution in [0.25, 0.3) is 11.4 Å². The molecule has 0 radical (unpaired) electrons. The molecule has 0 atom stereocenters. The molecule has 1 aliphatic carbocycles. The van der Waals surface area contributed by atoms with E-state index in [0.717, 1.165) is 43.6 Å². The monoisotopic (exact) mass is 452 g/mol. The Morgan fingerprint density at radius 3 is 2.47 bits per heavy atom. The molecule has 1 saturated carbocycles. The molecular weight excluding hydrogens is 428 g/mol. The molecule has 9 heteroatoms. The summed E-state index contributed by atoms with van der Waals surface area (Å²) in [5.74, 6) is 2.69. The molecule has 1 aliphatic heterocycles. The Hall–Kier alpha value is -3.26. The number of halogens is 1. The van der Waals surface area contributed by atoms with Crippen molar-refractivity contribution >= 4 is 30.1 Å². The first-order chi connectivity index (χ1) is 15.2. The highest BCUT2D eigenvalue weighted by Gasteiger charge is 2.47. The molecule has 2 aliphatic rings. The number of hydrogen-bond donors (Lipinski definition) is 1. The molecule has 0 aromatic carbocycles. The molecule has 3 aromatic rings. The van der Waals surface area contributed by atoms with E-state index in [1.54, 1.807) is 35.8 Å². The molecule has 1 spiro atoms. The first-order valence-electron chi connectivity index (χ1n) is 10.6.